The normalized spacial score (nSPS) is 12.1. The minimum Gasteiger partial charge on any atom is -0.336 e. The number of urea groups is 1. The third-order valence-corrected chi connectivity index (χ3v) is 4.86. The summed E-state index contributed by atoms with van der Waals surface area (Å²) in [6.45, 7) is 4.20. The zero-order valence-corrected chi connectivity index (χ0v) is 16.4. The van der Waals surface area contributed by atoms with Gasteiger partial charge in [-0.3, -0.25) is 4.79 Å². The molecule has 26 heavy (non-hydrogen) atoms. The van der Waals surface area contributed by atoms with Gasteiger partial charge in [-0.1, -0.05) is 19.9 Å². The van der Waals surface area contributed by atoms with Crippen LogP contribution < -0.4 is 16.0 Å². The summed E-state index contributed by atoms with van der Waals surface area (Å²) in [4.78, 5) is 27.1. The molecular weight excluding hydrogens is 348 g/mol. The van der Waals surface area contributed by atoms with Crippen molar-refractivity contribution in [3.63, 3.8) is 0 Å². The number of hydrogen-bond acceptors (Lipinski definition) is 4. The molecule has 6 nitrogen and oxygen atoms in total. The average Bonchev–Trinajstić information content (AvgIpc) is 3.10. The molecule has 0 saturated heterocycles. The Bertz CT molecular complexity index is 712. The van der Waals surface area contributed by atoms with Crippen LogP contribution >= 0.6 is 11.3 Å². The predicted octanol–water partition coefficient (Wildman–Crippen LogP) is 3.77. The van der Waals surface area contributed by atoms with Gasteiger partial charge in [-0.2, -0.15) is 0 Å². The predicted molar refractivity (Wildman–Crippen MR) is 108 cm³/mol. The van der Waals surface area contributed by atoms with Gasteiger partial charge in [0.05, 0.1) is 6.04 Å². The number of nitrogens with one attached hydrogen (secondary N) is 3. The lowest BCUT2D eigenvalue weighted by Crippen LogP contribution is -2.36. The molecule has 0 radical (unpaired) electrons. The van der Waals surface area contributed by atoms with Crippen LogP contribution in [0.25, 0.3) is 0 Å². The minimum atomic E-state index is -0.257. The van der Waals surface area contributed by atoms with Gasteiger partial charge >= 0.3 is 6.03 Å². The Morgan fingerprint density at radius 1 is 1.04 bits per heavy atom. The molecule has 3 amide bonds. The zero-order valence-electron chi connectivity index (χ0n) is 15.6. The third-order valence-electron chi connectivity index (χ3n) is 3.89. The maximum absolute atomic E-state index is 12.2. The maximum Gasteiger partial charge on any atom is 0.319 e. The fourth-order valence-corrected chi connectivity index (χ4v) is 3.23. The van der Waals surface area contributed by atoms with Crippen LogP contribution in [0, 0.1) is 5.92 Å². The third kappa shape index (κ3) is 5.86. The van der Waals surface area contributed by atoms with E-state index >= 15 is 0 Å². The molecule has 2 rings (SSSR count). The number of carbonyl (C=O) groups excluding carboxylic acids is 2. The van der Waals surface area contributed by atoms with Crippen molar-refractivity contribution in [2.45, 2.75) is 19.9 Å². The van der Waals surface area contributed by atoms with E-state index in [2.05, 4.69) is 26.9 Å². The van der Waals surface area contributed by atoms with Gasteiger partial charge in [-0.25, -0.2) is 4.79 Å². The molecule has 1 unspecified atom stereocenters. The second-order valence-corrected chi connectivity index (χ2v) is 7.53. The molecule has 1 heterocycles. The highest BCUT2D eigenvalue weighted by molar-refractivity contribution is 7.10. The van der Waals surface area contributed by atoms with E-state index in [0.29, 0.717) is 17.9 Å². The number of amides is 3. The average molecular weight is 375 g/mol. The van der Waals surface area contributed by atoms with Gasteiger partial charge in [0.15, 0.2) is 0 Å². The summed E-state index contributed by atoms with van der Waals surface area (Å²) in [5.41, 5.74) is 1.38. The summed E-state index contributed by atoms with van der Waals surface area (Å²) < 4.78 is 0. The second-order valence-electron chi connectivity index (χ2n) is 6.55. The van der Waals surface area contributed by atoms with Crippen LogP contribution in [0.1, 0.15) is 24.8 Å². The number of likely N-dealkylation sites (N-methyl/N-ethyl adjacent to an activating group) is 1. The fourth-order valence-electron chi connectivity index (χ4n) is 2.31. The lowest BCUT2D eigenvalue weighted by Gasteiger charge is -2.23. The van der Waals surface area contributed by atoms with E-state index in [1.165, 1.54) is 4.88 Å². The van der Waals surface area contributed by atoms with Crippen molar-refractivity contribution >= 4 is 34.6 Å². The summed E-state index contributed by atoms with van der Waals surface area (Å²) in [5.74, 6) is -0.113. The van der Waals surface area contributed by atoms with E-state index in [4.69, 9.17) is 0 Å². The Kier molecular flexibility index (Phi) is 7.17. The van der Waals surface area contributed by atoms with Crippen LogP contribution in [-0.2, 0) is 4.79 Å². The molecule has 3 N–H and O–H groups in total. The van der Waals surface area contributed by atoms with Crippen molar-refractivity contribution in [3.05, 3.63) is 46.7 Å². The first-order chi connectivity index (χ1) is 12.4. The Morgan fingerprint density at radius 3 is 2.15 bits per heavy atom. The summed E-state index contributed by atoms with van der Waals surface area (Å²) in [5, 5.41) is 10.6. The van der Waals surface area contributed by atoms with Crippen molar-refractivity contribution in [1.29, 1.82) is 0 Å². The topological polar surface area (TPSA) is 73.5 Å². The molecule has 140 valence electrons. The summed E-state index contributed by atoms with van der Waals surface area (Å²) in [6.07, 6.45) is 0. The number of hydrogen-bond donors (Lipinski definition) is 3. The quantitative estimate of drug-likeness (QED) is 0.691. The molecule has 1 aromatic heterocycles. The highest BCUT2D eigenvalue weighted by atomic mass is 32.1. The lowest BCUT2D eigenvalue weighted by atomic mass is 10.2. The number of anilines is 2. The monoisotopic (exact) mass is 374 g/mol. The van der Waals surface area contributed by atoms with Crippen LogP contribution in [0.2, 0.25) is 0 Å². The molecule has 0 bridgehead atoms. The Labute approximate surface area is 158 Å². The van der Waals surface area contributed by atoms with Gasteiger partial charge < -0.3 is 20.9 Å². The van der Waals surface area contributed by atoms with E-state index < -0.39 is 0 Å². The zero-order chi connectivity index (χ0) is 19.1. The first-order valence-electron chi connectivity index (χ1n) is 8.52. The van der Waals surface area contributed by atoms with Crippen LogP contribution in [-0.4, -0.2) is 37.5 Å². The van der Waals surface area contributed by atoms with Gasteiger partial charge in [-0.15, -0.1) is 11.3 Å². The molecular formula is C19H26N4O2S. The van der Waals surface area contributed by atoms with E-state index in [-0.39, 0.29) is 23.9 Å². The SMILES string of the molecule is CC(C)C(=O)Nc1ccc(NC(=O)NCC(c2cccs2)N(C)C)cc1. The first kappa shape index (κ1) is 19.9. The molecule has 0 fully saturated rings. The number of nitrogens with zero attached hydrogens (tertiary/aromatic N) is 1. The second kappa shape index (κ2) is 9.35. The number of carbonyl (C=O) groups is 2. The molecule has 0 saturated carbocycles. The number of benzene rings is 1. The van der Waals surface area contributed by atoms with Gasteiger partial charge in [0.25, 0.3) is 0 Å². The highest BCUT2D eigenvalue weighted by Gasteiger charge is 2.16. The van der Waals surface area contributed by atoms with Crippen molar-refractivity contribution in [2.75, 3.05) is 31.3 Å². The molecule has 0 aliphatic heterocycles. The molecule has 0 aliphatic rings. The van der Waals surface area contributed by atoms with Crippen LogP contribution in [0.4, 0.5) is 16.2 Å². The first-order valence-corrected chi connectivity index (χ1v) is 9.40. The van der Waals surface area contributed by atoms with Gasteiger partial charge in [0.2, 0.25) is 5.91 Å². The lowest BCUT2D eigenvalue weighted by molar-refractivity contribution is -0.118. The maximum atomic E-state index is 12.2. The van der Waals surface area contributed by atoms with Gasteiger partial charge in [-0.05, 0) is 49.8 Å². The Balaban J connectivity index is 1.86. The van der Waals surface area contributed by atoms with Gasteiger partial charge in [0.1, 0.15) is 0 Å². The Hall–Kier alpha value is -2.38. The Morgan fingerprint density at radius 2 is 1.65 bits per heavy atom. The van der Waals surface area contributed by atoms with E-state index in [0.717, 1.165) is 0 Å². The number of rotatable bonds is 7. The molecule has 7 heteroatoms. The van der Waals surface area contributed by atoms with Gasteiger partial charge in [0, 0.05) is 28.7 Å². The number of thiophene rings is 1. The molecule has 1 aromatic carbocycles. The van der Waals surface area contributed by atoms with Crippen molar-refractivity contribution < 1.29 is 9.59 Å². The molecule has 0 aliphatic carbocycles. The summed E-state index contributed by atoms with van der Waals surface area (Å²) in [6, 6.07) is 11.0. The highest BCUT2D eigenvalue weighted by Crippen LogP contribution is 2.22. The van der Waals surface area contributed by atoms with E-state index in [9.17, 15) is 9.59 Å². The van der Waals surface area contributed by atoms with E-state index in [1.807, 2.05) is 39.4 Å². The summed E-state index contributed by atoms with van der Waals surface area (Å²) in [7, 11) is 3.99. The standard InChI is InChI=1S/C19H26N4O2S/c1-13(2)18(24)21-14-7-9-15(10-8-14)22-19(25)20-12-16(23(3)4)17-6-5-11-26-17/h5-11,13,16H,12H2,1-4H3,(H,21,24)(H2,20,22,25). The largest absolute Gasteiger partial charge is 0.336 e. The molecule has 2 aromatic rings. The van der Waals surface area contributed by atoms with Crippen LogP contribution in [0.15, 0.2) is 41.8 Å². The fraction of sp³-hybridized carbons (Fsp3) is 0.368. The minimum absolute atomic E-state index is 0.0354. The van der Waals surface area contributed by atoms with Crippen LogP contribution in [0.5, 0.6) is 0 Å². The van der Waals surface area contributed by atoms with Crippen molar-refractivity contribution in [1.82, 2.24) is 10.2 Å². The molecule has 1 atom stereocenters. The van der Waals surface area contributed by atoms with E-state index in [1.54, 1.807) is 35.6 Å². The summed E-state index contributed by atoms with van der Waals surface area (Å²) >= 11 is 1.68. The molecule has 0 spiro atoms. The van der Waals surface area contributed by atoms with Crippen molar-refractivity contribution in [2.24, 2.45) is 5.92 Å². The van der Waals surface area contributed by atoms with Crippen LogP contribution in [0.3, 0.4) is 0 Å². The smallest absolute Gasteiger partial charge is 0.319 e. The van der Waals surface area contributed by atoms with Crippen molar-refractivity contribution in [3.8, 4) is 0 Å².